The minimum atomic E-state index is -0.799. The molecule has 5 heteroatoms. The summed E-state index contributed by atoms with van der Waals surface area (Å²) in [6.45, 7) is 6.31. The Kier molecular flexibility index (Phi) is 7.59. The van der Waals surface area contributed by atoms with Crippen molar-refractivity contribution in [1.82, 2.24) is 4.90 Å². The van der Waals surface area contributed by atoms with Crippen molar-refractivity contribution < 1.29 is 14.3 Å². The van der Waals surface area contributed by atoms with E-state index in [2.05, 4.69) is 6.92 Å². The van der Waals surface area contributed by atoms with Gasteiger partial charge in [0.2, 0.25) is 5.91 Å². The number of amides is 2. The highest BCUT2D eigenvalue weighted by atomic mass is 16.6. The second kappa shape index (κ2) is 9.18. The van der Waals surface area contributed by atoms with E-state index in [1.54, 1.807) is 4.90 Å². The first kappa shape index (κ1) is 19.0. The van der Waals surface area contributed by atoms with Gasteiger partial charge in [-0.25, -0.2) is 4.79 Å². The minimum Gasteiger partial charge on any atom is -0.442 e. The molecular weight excluding hydrogens is 292 g/mol. The highest BCUT2D eigenvalue weighted by molar-refractivity contribution is 5.73. The summed E-state index contributed by atoms with van der Waals surface area (Å²) in [7, 11) is 0. The van der Waals surface area contributed by atoms with Gasteiger partial charge in [-0.1, -0.05) is 50.1 Å². The van der Waals surface area contributed by atoms with E-state index in [0.717, 1.165) is 24.8 Å². The minimum absolute atomic E-state index is 0.0522. The van der Waals surface area contributed by atoms with Crippen molar-refractivity contribution in [2.45, 2.75) is 58.6 Å². The predicted molar refractivity (Wildman–Crippen MR) is 90.7 cm³/mol. The third-order valence-corrected chi connectivity index (χ3v) is 3.84. The first-order valence-corrected chi connectivity index (χ1v) is 8.14. The molecule has 1 atom stereocenters. The SMILES string of the molecule is CCCCC[C@](C)(CN(Cc1ccccc1)C(C)=O)OC(N)=O. The Morgan fingerprint density at radius 3 is 2.39 bits per heavy atom. The van der Waals surface area contributed by atoms with E-state index < -0.39 is 11.7 Å². The van der Waals surface area contributed by atoms with Crippen LogP contribution in [0.25, 0.3) is 0 Å². The predicted octanol–water partition coefficient (Wildman–Crippen LogP) is 3.47. The monoisotopic (exact) mass is 320 g/mol. The lowest BCUT2D eigenvalue weighted by Crippen LogP contribution is -2.46. The quantitative estimate of drug-likeness (QED) is 0.708. The van der Waals surface area contributed by atoms with Crippen LogP contribution in [0.1, 0.15) is 52.0 Å². The van der Waals surface area contributed by atoms with E-state index in [4.69, 9.17) is 10.5 Å². The topological polar surface area (TPSA) is 72.6 Å². The van der Waals surface area contributed by atoms with Crippen LogP contribution < -0.4 is 5.73 Å². The fourth-order valence-corrected chi connectivity index (χ4v) is 2.64. The van der Waals surface area contributed by atoms with Crippen LogP contribution in [0.5, 0.6) is 0 Å². The molecule has 1 aromatic rings. The van der Waals surface area contributed by atoms with Crippen molar-refractivity contribution in [3.05, 3.63) is 35.9 Å². The molecule has 2 N–H and O–H groups in total. The van der Waals surface area contributed by atoms with Gasteiger partial charge in [0, 0.05) is 13.5 Å². The normalized spacial score (nSPS) is 13.2. The first-order chi connectivity index (χ1) is 10.9. The Hall–Kier alpha value is -2.04. The summed E-state index contributed by atoms with van der Waals surface area (Å²) in [6, 6.07) is 9.76. The molecule has 0 saturated carbocycles. The second-order valence-corrected chi connectivity index (χ2v) is 6.19. The molecule has 1 rings (SSSR count). The van der Waals surface area contributed by atoms with Gasteiger partial charge in [0.15, 0.2) is 0 Å². The molecule has 0 unspecified atom stereocenters. The smallest absolute Gasteiger partial charge is 0.405 e. The zero-order chi connectivity index (χ0) is 17.3. The summed E-state index contributed by atoms with van der Waals surface area (Å²) < 4.78 is 5.35. The fraction of sp³-hybridized carbons (Fsp3) is 0.556. The lowest BCUT2D eigenvalue weighted by molar-refractivity contribution is -0.133. The number of carbonyl (C=O) groups excluding carboxylic acids is 2. The Morgan fingerprint density at radius 2 is 1.87 bits per heavy atom. The molecule has 0 aliphatic heterocycles. The Balaban J connectivity index is 2.82. The highest BCUT2D eigenvalue weighted by Gasteiger charge is 2.31. The van der Waals surface area contributed by atoms with Gasteiger partial charge in [-0.15, -0.1) is 0 Å². The zero-order valence-corrected chi connectivity index (χ0v) is 14.4. The lowest BCUT2D eigenvalue weighted by Gasteiger charge is -2.34. The fourth-order valence-electron chi connectivity index (χ4n) is 2.64. The van der Waals surface area contributed by atoms with Crippen LogP contribution in [-0.4, -0.2) is 29.0 Å². The molecule has 128 valence electrons. The molecule has 0 fully saturated rings. The maximum absolute atomic E-state index is 12.0. The van der Waals surface area contributed by atoms with Gasteiger partial charge in [0.05, 0.1) is 6.54 Å². The number of nitrogens with two attached hydrogens (primary N) is 1. The van der Waals surface area contributed by atoms with E-state index in [1.165, 1.54) is 6.92 Å². The first-order valence-electron chi connectivity index (χ1n) is 8.14. The summed E-state index contributed by atoms with van der Waals surface area (Å²) in [5, 5.41) is 0. The molecule has 0 spiro atoms. The van der Waals surface area contributed by atoms with Gasteiger partial charge in [-0.2, -0.15) is 0 Å². The van der Waals surface area contributed by atoms with Crippen LogP contribution in [-0.2, 0) is 16.1 Å². The Morgan fingerprint density at radius 1 is 1.22 bits per heavy atom. The summed E-state index contributed by atoms with van der Waals surface area (Å²) in [5.74, 6) is -0.0522. The molecule has 0 aliphatic rings. The van der Waals surface area contributed by atoms with Gasteiger partial charge in [-0.3, -0.25) is 4.79 Å². The standard InChI is InChI=1S/C18H28N2O3/c1-4-5-9-12-18(3,23-17(19)22)14-20(15(2)21)13-16-10-7-6-8-11-16/h6-8,10-11H,4-5,9,12-14H2,1-3H3,(H2,19,22)/t18-/m1/s1. The Bertz CT molecular complexity index is 504. The molecule has 0 saturated heterocycles. The summed E-state index contributed by atoms with van der Waals surface area (Å²) >= 11 is 0. The van der Waals surface area contributed by atoms with Crippen molar-refractivity contribution in [3.63, 3.8) is 0 Å². The van der Waals surface area contributed by atoms with Crippen molar-refractivity contribution >= 4 is 12.0 Å². The number of hydrogen-bond donors (Lipinski definition) is 1. The molecule has 2 amide bonds. The van der Waals surface area contributed by atoms with Crippen LogP contribution in [0.2, 0.25) is 0 Å². The molecule has 23 heavy (non-hydrogen) atoms. The number of nitrogens with zero attached hydrogens (tertiary/aromatic N) is 1. The molecule has 5 nitrogen and oxygen atoms in total. The molecule has 1 aromatic carbocycles. The van der Waals surface area contributed by atoms with Gasteiger partial charge >= 0.3 is 6.09 Å². The van der Waals surface area contributed by atoms with E-state index in [0.29, 0.717) is 19.5 Å². The summed E-state index contributed by atoms with van der Waals surface area (Å²) in [6.07, 6.45) is 2.94. The summed E-state index contributed by atoms with van der Waals surface area (Å²) in [4.78, 5) is 24.9. The van der Waals surface area contributed by atoms with Crippen LogP contribution >= 0.6 is 0 Å². The average molecular weight is 320 g/mol. The number of benzene rings is 1. The summed E-state index contributed by atoms with van der Waals surface area (Å²) in [5.41, 5.74) is 5.50. The number of carbonyl (C=O) groups is 2. The molecule has 0 radical (unpaired) electrons. The maximum Gasteiger partial charge on any atom is 0.405 e. The van der Waals surface area contributed by atoms with Crippen LogP contribution in [0.15, 0.2) is 30.3 Å². The number of primary amides is 1. The van der Waals surface area contributed by atoms with Crippen molar-refractivity contribution in [1.29, 1.82) is 0 Å². The molecular formula is C18H28N2O3. The third-order valence-electron chi connectivity index (χ3n) is 3.84. The van der Waals surface area contributed by atoms with Crippen molar-refractivity contribution in [2.75, 3.05) is 6.54 Å². The van der Waals surface area contributed by atoms with E-state index in [9.17, 15) is 9.59 Å². The van der Waals surface area contributed by atoms with Gasteiger partial charge in [0.25, 0.3) is 0 Å². The molecule has 0 bridgehead atoms. The molecule has 0 aromatic heterocycles. The molecule has 0 heterocycles. The van der Waals surface area contributed by atoms with Crippen LogP contribution in [0, 0.1) is 0 Å². The van der Waals surface area contributed by atoms with Crippen LogP contribution in [0.4, 0.5) is 4.79 Å². The van der Waals surface area contributed by atoms with Gasteiger partial charge in [0.1, 0.15) is 5.60 Å². The Labute approximate surface area is 138 Å². The number of rotatable bonds is 9. The number of ether oxygens (including phenoxy) is 1. The highest BCUT2D eigenvalue weighted by Crippen LogP contribution is 2.22. The van der Waals surface area contributed by atoms with Crippen molar-refractivity contribution in [2.24, 2.45) is 5.73 Å². The number of hydrogen-bond acceptors (Lipinski definition) is 3. The largest absolute Gasteiger partial charge is 0.442 e. The van der Waals surface area contributed by atoms with Crippen molar-refractivity contribution in [3.8, 4) is 0 Å². The lowest BCUT2D eigenvalue weighted by atomic mass is 9.97. The average Bonchev–Trinajstić information content (AvgIpc) is 2.47. The number of unbranched alkanes of at least 4 members (excludes halogenated alkanes) is 2. The maximum atomic E-state index is 12.0. The molecule has 0 aliphatic carbocycles. The third kappa shape index (κ3) is 7.17. The zero-order valence-electron chi connectivity index (χ0n) is 14.4. The van der Waals surface area contributed by atoms with E-state index >= 15 is 0 Å². The van der Waals surface area contributed by atoms with Gasteiger partial charge < -0.3 is 15.4 Å². The van der Waals surface area contributed by atoms with E-state index in [-0.39, 0.29) is 5.91 Å². The second-order valence-electron chi connectivity index (χ2n) is 6.19. The van der Waals surface area contributed by atoms with E-state index in [1.807, 2.05) is 37.3 Å². The van der Waals surface area contributed by atoms with Crippen LogP contribution in [0.3, 0.4) is 0 Å². The van der Waals surface area contributed by atoms with Gasteiger partial charge in [-0.05, 0) is 25.3 Å².